The Morgan fingerprint density at radius 3 is 2.00 bits per heavy atom. The zero-order chi connectivity index (χ0) is 27.2. The average molecular weight is 528 g/mol. The topological polar surface area (TPSA) is 102 Å². The Morgan fingerprint density at radius 1 is 0.973 bits per heavy atom. The fourth-order valence-electron chi connectivity index (χ4n) is 4.22. The fraction of sp³-hybridized carbons (Fsp3) is 0.375. The molecule has 3 N–H and O–H groups in total. The molecule has 200 valence electrons. The molecule has 1 spiro atoms. The van der Waals surface area contributed by atoms with Crippen LogP contribution in [0.1, 0.15) is 23.2 Å². The van der Waals surface area contributed by atoms with Gasteiger partial charge >= 0.3 is 12.1 Å². The van der Waals surface area contributed by atoms with E-state index in [0.717, 1.165) is 18.8 Å². The summed E-state index contributed by atoms with van der Waals surface area (Å²) in [5, 5.41) is 12.9. The number of nitrogens with one attached hydrogen (secondary N) is 2. The predicted octanol–water partition coefficient (Wildman–Crippen LogP) is 2.76. The molecule has 4 rings (SSSR count). The standard InChI is InChI=1S/C22H24F2N4O2.C2HF3O2/c23-17-3-1-16(2-4-17)20(29)25-11-14-27-12-9-22(10-13-27)21(30)26-15-28(22)19-7-5-18(24)6-8-19;3-2(4,5)1(6)7/h1-8H,9-15H2,(H,25,29)(H,26,30);(H,6,7). The molecule has 2 aliphatic rings. The molecule has 0 bridgehead atoms. The predicted molar refractivity (Wildman–Crippen MR) is 123 cm³/mol. The molecule has 2 aromatic carbocycles. The van der Waals surface area contributed by atoms with Gasteiger partial charge in [-0.3, -0.25) is 9.59 Å². The van der Waals surface area contributed by atoms with E-state index in [1.54, 1.807) is 12.1 Å². The highest BCUT2D eigenvalue weighted by Crippen LogP contribution is 2.36. The highest BCUT2D eigenvalue weighted by Gasteiger charge is 2.50. The molecule has 2 heterocycles. The van der Waals surface area contributed by atoms with Crippen LogP contribution in [0.4, 0.5) is 27.6 Å². The number of rotatable bonds is 5. The van der Waals surface area contributed by atoms with E-state index in [2.05, 4.69) is 15.5 Å². The van der Waals surface area contributed by atoms with E-state index >= 15 is 0 Å². The number of carboxylic acid groups (broad SMARTS) is 1. The highest BCUT2D eigenvalue weighted by atomic mass is 19.4. The minimum absolute atomic E-state index is 0.0103. The number of piperidine rings is 1. The van der Waals surface area contributed by atoms with E-state index in [4.69, 9.17) is 9.90 Å². The monoisotopic (exact) mass is 528 g/mol. The number of likely N-dealkylation sites (tertiary alicyclic amines) is 1. The number of hydrogen-bond donors (Lipinski definition) is 3. The summed E-state index contributed by atoms with van der Waals surface area (Å²) in [4.78, 5) is 37.9. The third-order valence-electron chi connectivity index (χ3n) is 6.22. The van der Waals surface area contributed by atoms with Crippen molar-refractivity contribution in [2.45, 2.75) is 24.6 Å². The smallest absolute Gasteiger partial charge is 0.475 e. The van der Waals surface area contributed by atoms with Gasteiger partial charge in [0.05, 0.1) is 6.67 Å². The summed E-state index contributed by atoms with van der Waals surface area (Å²) in [7, 11) is 0. The van der Waals surface area contributed by atoms with Gasteiger partial charge in [0.25, 0.3) is 5.91 Å². The second-order valence-electron chi connectivity index (χ2n) is 8.51. The molecule has 8 nitrogen and oxygen atoms in total. The summed E-state index contributed by atoms with van der Waals surface area (Å²) in [5.41, 5.74) is 0.632. The summed E-state index contributed by atoms with van der Waals surface area (Å²) in [6, 6.07) is 11.7. The van der Waals surface area contributed by atoms with Crippen LogP contribution in [0, 0.1) is 11.6 Å². The molecule has 13 heteroatoms. The molecule has 2 saturated heterocycles. The van der Waals surface area contributed by atoms with E-state index < -0.39 is 17.7 Å². The molecule has 0 radical (unpaired) electrons. The minimum Gasteiger partial charge on any atom is -0.475 e. The van der Waals surface area contributed by atoms with Gasteiger partial charge in [0, 0.05) is 37.4 Å². The van der Waals surface area contributed by atoms with Gasteiger partial charge in [-0.15, -0.1) is 0 Å². The van der Waals surface area contributed by atoms with Gasteiger partial charge in [-0.2, -0.15) is 13.2 Å². The molecular formula is C24H25F5N4O4. The normalized spacial score (nSPS) is 17.1. The van der Waals surface area contributed by atoms with Crippen molar-refractivity contribution >= 4 is 23.5 Å². The van der Waals surface area contributed by atoms with Crippen molar-refractivity contribution < 1.29 is 41.4 Å². The lowest BCUT2D eigenvalue weighted by Gasteiger charge is -2.43. The molecule has 0 aromatic heterocycles. The molecule has 2 amide bonds. The summed E-state index contributed by atoms with van der Waals surface area (Å²) in [6.45, 7) is 2.99. The first-order valence-corrected chi connectivity index (χ1v) is 11.3. The number of halogens is 5. The van der Waals surface area contributed by atoms with Gasteiger partial charge in [-0.1, -0.05) is 0 Å². The summed E-state index contributed by atoms with van der Waals surface area (Å²) in [6.07, 6.45) is -3.77. The van der Waals surface area contributed by atoms with Gasteiger partial charge in [0.1, 0.15) is 17.2 Å². The number of benzene rings is 2. The van der Waals surface area contributed by atoms with Crippen LogP contribution in [-0.2, 0) is 9.59 Å². The number of anilines is 1. The van der Waals surface area contributed by atoms with E-state index in [1.165, 1.54) is 36.4 Å². The molecule has 0 saturated carbocycles. The van der Waals surface area contributed by atoms with Gasteiger partial charge in [-0.05, 0) is 61.4 Å². The van der Waals surface area contributed by atoms with E-state index in [-0.39, 0.29) is 23.4 Å². The van der Waals surface area contributed by atoms with Crippen LogP contribution >= 0.6 is 0 Å². The lowest BCUT2D eigenvalue weighted by molar-refractivity contribution is -0.192. The Balaban J connectivity index is 0.000000479. The average Bonchev–Trinajstić information content (AvgIpc) is 3.16. The first-order valence-electron chi connectivity index (χ1n) is 11.3. The number of carboxylic acids is 1. The zero-order valence-corrected chi connectivity index (χ0v) is 19.5. The second kappa shape index (κ2) is 11.5. The highest BCUT2D eigenvalue weighted by molar-refractivity contribution is 5.94. The van der Waals surface area contributed by atoms with Crippen molar-refractivity contribution in [3.8, 4) is 0 Å². The number of alkyl halides is 3. The Hall–Kier alpha value is -3.74. The molecule has 2 aliphatic heterocycles. The Kier molecular flexibility index (Phi) is 8.69. The van der Waals surface area contributed by atoms with E-state index in [0.29, 0.717) is 38.2 Å². The number of amides is 2. The van der Waals surface area contributed by atoms with Crippen LogP contribution < -0.4 is 15.5 Å². The summed E-state index contributed by atoms with van der Waals surface area (Å²) >= 11 is 0. The van der Waals surface area contributed by atoms with Crippen LogP contribution in [0.3, 0.4) is 0 Å². The summed E-state index contributed by atoms with van der Waals surface area (Å²) in [5.74, 6) is -3.66. The first kappa shape index (κ1) is 27.8. The second-order valence-corrected chi connectivity index (χ2v) is 8.51. The third-order valence-corrected chi connectivity index (χ3v) is 6.22. The maximum Gasteiger partial charge on any atom is 0.490 e. The SMILES string of the molecule is O=C(NCCN1CCC2(CC1)C(=O)NCN2c1ccc(F)cc1)c1ccc(F)cc1.O=C(O)C(F)(F)F. The van der Waals surface area contributed by atoms with Gasteiger partial charge < -0.3 is 25.5 Å². The molecule has 2 aromatic rings. The number of nitrogens with zero attached hydrogens (tertiary/aromatic N) is 2. The van der Waals surface area contributed by atoms with E-state index in [9.17, 15) is 31.5 Å². The number of carbonyl (C=O) groups excluding carboxylic acids is 2. The maximum absolute atomic E-state index is 13.3. The van der Waals surface area contributed by atoms with Crippen LogP contribution in [0.5, 0.6) is 0 Å². The number of carbonyl (C=O) groups is 3. The van der Waals surface area contributed by atoms with Gasteiger partial charge in [0.2, 0.25) is 5.91 Å². The maximum atomic E-state index is 13.3. The number of aliphatic carboxylic acids is 1. The Labute approximate surface area is 209 Å². The van der Waals surface area contributed by atoms with Crippen LogP contribution in [-0.4, -0.2) is 72.4 Å². The van der Waals surface area contributed by atoms with Crippen LogP contribution in [0.25, 0.3) is 0 Å². The molecule has 2 fully saturated rings. The van der Waals surface area contributed by atoms with Crippen molar-refractivity contribution in [3.05, 3.63) is 65.7 Å². The largest absolute Gasteiger partial charge is 0.490 e. The first-order chi connectivity index (χ1) is 17.4. The van der Waals surface area contributed by atoms with Crippen molar-refractivity contribution in [3.63, 3.8) is 0 Å². The number of hydrogen-bond acceptors (Lipinski definition) is 5. The van der Waals surface area contributed by atoms with Crippen molar-refractivity contribution in [2.24, 2.45) is 0 Å². The lowest BCUT2D eigenvalue weighted by atomic mass is 9.85. The van der Waals surface area contributed by atoms with Gasteiger partial charge in [0.15, 0.2) is 0 Å². The molecule has 37 heavy (non-hydrogen) atoms. The summed E-state index contributed by atoms with van der Waals surface area (Å²) < 4.78 is 58.0. The zero-order valence-electron chi connectivity index (χ0n) is 19.5. The van der Waals surface area contributed by atoms with Crippen molar-refractivity contribution in [1.82, 2.24) is 15.5 Å². The Morgan fingerprint density at radius 2 is 1.49 bits per heavy atom. The lowest BCUT2D eigenvalue weighted by Crippen LogP contribution is -2.57. The van der Waals surface area contributed by atoms with Crippen LogP contribution in [0.2, 0.25) is 0 Å². The molecule has 0 unspecified atom stereocenters. The molecule has 0 aliphatic carbocycles. The third kappa shape index (κ3) is 6.94. The van der Waals surface area contributed by atoms with Crippen molar-refractivity contribution in [2.75, 3.05) is 37.7 Å². The quantitative estimate of drug-likeness (QED) is 0.516. The fourth-order valence-corrected chi connectivity index (χ4v) is 4.22. The Bertz CT molecular complexity index is 1100. The molecular weight excluding hydrogens is 503 g/mol. The van der Waals surface area contributed by atoms with Crippen LogP contribution in [0.15, 0.2) is 48.5 Å². The van der Waals surface area contributed by atoms with Gasteiger partial charge in [-0.25, -0.2) is 13.6 Å². The molecule has 0 atom stereocenters. The van der Waals surface area contributed by atoms with E-state index in [1.807, 2.05) is 4.90 Å². The van der Waals surface area contributed by atoms with Crippen molar-refractivity contribution in [1.29, 1.82) is 0 Å². The minimum atomic E-state index is -5.08.